The van der Waals surface area contributed by atoms with E-state index in [1.807, 2.05) is 0 Å². The molecule has 40 heavy (non-hydrogen) atoms. The Kier molecular flexibility index (Phi) is 6.38. The van der Waals surface area contributed by atoms with Crippen LogP contribution in [0.3, 0.4) is 0 Å². The topological polar surface area (TPSA) is 86.7 Å². The predicted molar refractivity (Wildman–Crippen MR) is 128 cm³/mol. The monoisotopic (exact) mass is 600 g/mol. The van der Waals surface area contributed by atoms with E-state index in [4.69, 9.17) is 0 Å². The summed E-state index contributed by atoms with van der Waals surface area (Å²) >= 11 is 0. The van der Waals surface area contributed by atoms with Gasteiger partial charge in [0.2, 0.25) is 0 Å². The molecule has 6 nitrogen and oxygen atoms in total. The van der Waals surface area contributed by atoms with Gasteiger partial charge < -0.3 is 8.37 Å². The highest BCUT2D eigenvalue weighted by molar-refractivity contribution is 7.88. The molecular formula is C26H14F6O6S2. The Hall–Kier alpha value is -4.04. The largest absolute Gasteiger partial charge is 0.534 e. The van der Waals surface area contributed by atoms with Crippen molar-refractivity contribution in [2.24, 2.45) is 0 Å². The van der Waals surface area contributed by atoms with Crippen molar-refractivity contribution in [3.8, 4) is 11.5 Å². The van der Waals surface area contributed by atoms with Crippen molar-refractivity contribution in [3.05, 3.63) is 127 Å². The van der Waals surface area contributed by atoms with E-state index in [2.05, 4.69) is 8.37 Å². The highest BCUT2D eigenvalue weighted by Crippen LogP contribution is 2.32. The zero-order valence-electron chi connectivity index (χ0n) is 19.6. The van der Waals surface area contributed by atoms with Crippen molar-refractivity contribution < 1.29 is 51.5 Å². The summed E-state index contributed by atoms with van der Waals surface area (Å²) in [6.45, 7) is 0. The van der Waals surface area contributed by atoms with Gasteiger partial charge in [-0.25, -0.2) is 0 Å². The van der Waals surface area contributed by atoms with Crippen LogP contribution in [0.15, 0.2) is 84.9 Å². The minimum absolute atomic E-state index is 0.0432. The Morgan fingerprint density at radius 3 is 1.00 bits per heavy atom. The number of fused-ring (bicyclic) bond motifs is 4. The van der Waals surface area contributed by atoms with Gasteiger partial charge in [0.1, 0.15) is 0 Å². The first-order valence-corrected chi connectivity index (χ1v) is 13.9. The van der Waals surface area contributed by atoms with Crippen LogP contribution in [0.4, 0.5) is 26.3 Å². The summed E-state index contributed by atoms with van der Waals surface area (Å²) < 4.78 is 137. The standard InChI is InChI=1S/C26H14F6O6S2/c27-25(28,29)39(33,34)37-21-13-5-11-19-17-9-3-1-7-15(17)16-8-2-4-10-18(16)20-12-6-14-22(24(20)23(19)21)38-40(35,36)26(30,31)32/h1-14H/b16-15-,19-17-,20-18-,24-23-. The summed E-state index contributed by atoms with van der Waals surface area (Å²) in [7, 11) is -12.5. The van der Waals surface area contributed by atoms with Crippen LogP contribution in [-0.4, -0.2) is 27.9 Å². The number of hydrogen-bond donors (Lipinski definition) is 0. The molecule has 208 valence electrons. The van der Waals surface area contributed by atoms with Gasteiger partial charge in [0.25, 0.3) is 0 Å². The molecule has 0 amide bonds. The molecule has 0 fully saturated rings. The second-order valence-corrected chi connectivity index (χ2v) is 11.5. The zero-order valence-corrected chi connectivity index (χ0v) is 21.2. The minimum atomic E-state index is -6.26. The first-order valence-electron chi connectivity index (χ1n) is 11.1. The lowest BCUT2D eigenvalue weighted by atomic mass is 10.0. The molecule has 0 saturated heterocycles. The van der Waals surface area contributed by atoms with Crippen LogP contribution in [0.1, 0.15) is 0 Å². The maximum atomic E-state index is 13.3. The van der Waals surface area contributed by atoms with E-state index >= 15 is 0 Å². The van der Waals surface area contributed by atoms with Crippen molar-refractivity contribution >= 4 is 20.2 Å². The van der Waals surface area contributed by atoms with Crippen LogP contribution in [0.2, 0.25) is 0 Å². The summed E-state index contributed by atoms with van der Waals surface area (Å²) in [5.74, 6) is -1.82. The highest BCUT2D eigenvalue weighted by atomic mass is 32.2. The number of rotatable bonds is 4. The second-order valence-electron chi connectivity index (χ2n) is 8.41. The van der Waals surface area contributed by atoms with Gasteiger partial charge in [-0.05, 0) is 43.4 Å². The summed E-state index contributed by atoms with van der Waals surface area (Å²) in [6.07, 6.45) is 0. The van der Waals surface area contributed by atoms with Gasteiger partial charge in [0, 0.05) is 10.4 Å². The molecule has 1 aliphatic rings. The van der Waals surface area contributed by atoms with Crippen molar-refractivity contribution in [1.82, 2.24) is 0 Å². The Labute approximate surface area is 220 Å². The van der Waals surface area contributed by atoms with Gasteiger partial charge in [-0.1, -0.05) is 72.8 Å². The summed E-state index contributed by atoms with van der Waals surface area (Å²) in [5, 5.41) is 1.02. The quantitative estimate of drug-likeness (QED) is 0.152. The van der Waals surface area contributed by atoms with E-state index in [9.17, 15) is 43.2 Å². The molecule has 0 heterocycles. The van der Waals surface area contributed by atoms with Crippen molar-refractivity contribution in [1.29, 1.82) is 0 Å². The van der Waals surface area contributed by atoms with Crippen LogP contribution in [-0.2, 0) is 20.2 Å². The molecule has 4 aromatic rings. The third kappa shape index (κ3) is 4.56. The van der Waals surface area contributed by atoms with Crippen molar-refractivity contribution in [2.75, 3.05) is 0 Å². The molecule has 0 atom stereocenters. The molecular weight excluding hydrogens is 586 g/mol. The van der Waals surface area contributed by atoms with Gasteiger partial charge >= 0.3 is 31.3 Å². The minimum Gasteiger partial charge on any atom is -0.375 e. The molecule has 0 aromatic heterocycles. The second kappa shape index (κ2) is 9.27. The van der Waals surface area contributed by atoms with Crippen LogP contribution >= 0.6 is 0 Å². The lowest BCUT2D eigenvalue weighted by molar-refractivity contribution is -0.0505. The van der Waals surface area contributed by atoms with Crippen LogP contribution in [0.25, 0.3) is 0 Å². The third-order valence-electron chi connectivity index (χ3n) is 5.99. The SMILES string of the molecule is O=S(=O)(Oc1cccc2/c1=c1/c(OS(=O)(=O)C(F)(F)F)ccc/c1=c1\cccc\c1=c1/cccc/c1=2)C(F)(F)F. The predicted octanol–water partition coefficient (Wildman–Crippen LogP) is 5.60. The molecule has 0 radical (unpaired) electrons. The maximum Gasteiger partial charge on any atom is 0.534 e. The molecule has 0 spiro atoms. The lowest BCUT2D eigenvalue weighted by Crippen LogP contribution is -2.28. The molecule has 0 unspecified atom stereocenters. The number of benzene rings is 4. The summed E-state index contributed by atoms with van der Waals surface area (Å²) in [4.78, 5) is 0. The fourth-order valence-corrected chi connectivity index (χ4v) is 5.34. The lowest BCUT2D eigenvalue weighted by Gasteiger charge is -2.13. The fraction of sp³-hybridized carbons (Fsp3) is 0.0769. The molecule has 0 N–H and O–H groups in total. The Balaban J connectivity index is 2.20. The summed E-state index contributed by atoms with van der Waals surface area (Å²) in [5.41, 5.74) is -11.7. The molecule has 14 heteroatoms. The van der Waals surface area contributed by atoms with Gasteiger partial charge in [0.05, 0.1) is 0 Å². The molecule has 0 saturated carbocycles. The average Bonchev–Trinajstić information content (AvgIpc) is 2.86. The van der Waals surface area contributed by atoms with Gasteiger partial charge in [0.15, 0.2) is 11.5 Å². The normalized spacial score (nSPS) is 16.8. The molecule has 1 aliphatic carbocycles. The van der Waals surface area contributed by atoms with Gasteiger partial charge in [-0.3, -0.25) is 0 Å². The smallest absolute Gasteiger partial charge is 0.375 e. The first kappa shape index (κ1) is 27.5. The molecule has 0 bridgehead atoms. The third-order valence-corrected chi connectivity index (χ3v) is 7.92. The first-order chi connectivity index (χ1) is 18.6. The van der Waals surface area contributed by atoms with Crippen molar-refractivity contribution in [3.63, 3.8) is 0 Å². The zero-order chi connectivity index (χ0) is 29.1. The van der Waals surface area contributed by atoms with E-state index in [0.717, 1.165) is 12.1 Å². The Bertz CT molecular complexity index is 2120. The van der Waals surface area contributed by atoms with E-state index in [-0.39, 0.29) is 10.4 Å². The molecule has 0 aliphatic heterocycles. The van der Waals surface area contributed by atoms with Crippen molar-refractivity contribution in [2.45, 2.75) is 11.0 Å². The van der Waals surface area contributed by atoms with E-state index in [1.54, 1.807) is 48.5 Å². The highest BCUT2D eigenvalue weighted by Gasteiger charge is 2.49. The fourth-order valence-electron chi connectivity index (χ4n) is 4.40. The van der Waals surface area contributed by atoms with Gasteiger partial charge in [-0.2, -0.15) is 43.2 Å². The Morgan fingerprint density at radius 2 is 0.700 bits per heavy atom. The molecule has 5 rings (SSSR count). The van der Waals surface area contributed by atoms with E-state index in [1.165, 1.54) is 24.3 Å². The maximum absolute atomic E-state index is 13.3. The van der Waals surface area contributed by atoms with Crippen LogP contribution in [0, 0.1) is 41.7 Å². The van der Waals surface area contributed by atoms with Crippen LogP contribution < -0.4 is 8.37 Å². The number of halogens is 6. The number of alkyl halides is 6. The van der Waals surface area contributed by atoms with E-state index in [0.29, 0.717) is 20.9 Å². The number of hydrogen-bond acceptors (Lipinski definition) is 6. The Morgan fingerprint density at radius 1 is 0.425 bits per heavy atom. The van der Waals surface area contributed by atoms with Crippen LogP contribution in [0.5, 0.6) is 11.5 Å². The van der Waals surface area contributed by atoms with E-state index < -0.39 is 53.2 Å². The summed E-state index contributed by atoms with van der Waals surface area (Å²) in [6, 6.07) is 19.9. The van der Waals surface area contributed by atoms with Gasteiger partial charge in [-0.15, -0.1) is 0 Å². The average molecular weight is 601 g/mol. The molecule has 4 aromatic carbocycles.